The van der Waals surface area contributed by atoms with Gasteiger partial charge in [-0.2, -0.15) is 0 Å². The van der Waals surface area contributed by atoms with Crippen LogP contribution in [-0.2, 0) is 43.0 Å². The zero-order valence-electron chi connectivity index (χ0n) is 26.2. The number of carboxylic acid groups (broad SMARTS) is 2. The first-order valence-corrected chi connectivity index (χ1v) is 16.4. The van der Waals surface area contributed by atoms with Crippen LogP contribution in [0.4, 0.5) is 0 Å². The zero-order chi connectivity index (χ0) is 32.7. The molecule has 0 aliphatic heterocycles. The standard InChI is InChI=1S/C32H48N2O11/c1-43-31(41)17-3-13-23(29(37)38)25(15-17)27(35)33-19-5-9-21(10-6-19)45-22-11-7-20(8-12-22)34-28(36)26-16-18(32(42)44-2)4-14-24(26)30(39)40/h17-26H,3-16H2,1-2H3,(H,33,35)(H,34,36)(H,37,38)(H,39,40). The molecule has 4 N–H and O–H groups in total. The van der Waals surface area contributed by atoms with Crippen LogP contribution in [-0.4, -0.2) is 84.4 Å². The van der Waals surface area contributed by atoms with Crippen molar-refractivity contribution in [2.24, 2.45) is 35.5 Å². The molecule has 6 atom stereocenters. The van der Waals surface area contributed by atoms with Crippen molar-refractivity contribution in [3.63, 3.8) is 0 Å². The number of nitrogens with one attached hydrogen (secondary N) is 2. The zero-order valence-corrected chi connectivity index (χ0v) is 26.2. The largest absolute Gasteiger partial charge is 0.481 e. The number of carbonyl (C=O) groups is 6. The Morgan fingerprint density at radius 3 is 1.18 bits per heavy atom. The minimum atomic E-state index is -1.02. The minimum Gasteiger partial charge on any atom is -0.481 e. The average molecular weight is 637 g/mol. The van der Waals surface area contributed by atoms with Gasteiger partial charge in [0.05, 0.1) is 61.9 Å². The molecule has 0 aromatic heterocycles. The van der Waals surface area contributed by atoms with E-state index >= 15 is 0 Å². The third kappa shape index (κ3) is 8.95. The Morgan fingerprint density at radius 1 is 0.511 bits per heavy atom. The molecule has 4 rings (SSSR count). The van der Waals surface area contributed by atoms with E-state index < -0.39 is 59.4 Å². The van der Waals surface area contributed by atoms with Gasteiger partial charge in [0.2, 0.25) is 11.8 Å². The monoisotopic (exact) mass is 636 g/mol. The van der Waals surface area contributed by atoms with Crippen molar-refractivity contribution in [1.29, 1.82) is 0 Å². The van der Waals surface area contributed by atoms with Crippen molar-refractivity contribution >= 4 is 35.7 Å². The van der Waals surface area contributed by atoms with E-state index in [1.807, 2.05) is 0 Å². The second kappa shape index (κ2) is 15.9. The molecule has 0 bridgehead atoms. The first-order chi connectivity index (χ1) is 21.5. The molecule has 0 aromatic rings. The minimum absolute atomic E-state index is 0.0493. The van der Waals surface area contributed by atoms with E-state index in [4.69, 9.17) is 14.2 Å². The Kier molecular flexibility index (Phi) is 12.2. The van der Waals surface area contributed by atoms with Crippen LogP contribution in [0.1, 0.15) is 89.9 Å². The second-order valence-electron chi connectivity index (χ2n) is 13.3. The van der Waals surface area contributed by atoms with Crippen molar-refractivity contribution in [2.45, 2.75) is 114 Å². The summed E-state index contributed by atoms with van der Waals surface area (Å²) in [6.07, 6.45) is 7.67. The van der Waals surface area contributed by atoms with Crippen molar-refractivity contribution in [2.75, 3.05) is 14.2 Å². The third-order valence-corrected chi connectivity index (χ3v) is 10.5. The predicted octanol–water partition coefficient (Wildman–Crippen LogP) is 2.44. The molecule has 6 unspecified atom stereocenters. The summed E-state index contributed by atoms with van der Waals surface area (Å²) < 4.78 is 16.0. The number of amides is 2. The number of esters is 2. The Balaban J connectivity index is 1.19. The van der Waals surface area contributed by atoms with Crippen molar-refractivity contribution in [3.05, 3.63) is 0 Å². The lowest BCUT2D eigenvalue weighted by atomic mass is 9.73. The maximum absolute atomic E-state index is 13.1. The van der Waals surface area contributed by atoms with E-state index in [-0.39, 0.29) is 61.8 Å². The summed E-state index contributed by atoms with van der Waals surface area (Å²) in [7, 11) is 2.59. The molecule has 4 aliphatic rings. The molecule has 0 spiro atoms. The molecule has 13 heteroatoms. The molecule has 4 saturated carbocycles. The van der Waals surface area contributed by atoms with Crippen LogP contribution in [0.5, 0.6) is 0 Å². The van der Waals surface area contributed by atoms with Gasteiger partial charge in [0.1, 0.15) is 0 Å². The molecule has 0 saturated heterocycles. The van der Waals surface area contributed by atoms with Crippen molar-refractivity contribution in [1.82, 2.24) is 10.6 Å². The molecule has 45 heavy (non-hydrogen) atoms. The maximum Gasteiger partial charge on any atom is 0.308 e. The summed E-state index contributed by atoms with van der Waals surface area (Å²) in [5, 5.41) is 25.4. The van der Waals surface area contributed by atoms with Gasteiger partial charge in [0, 0.05) is 12.1 Å². The molecule has 0 radical (unpaired) electrons. The molecule has 13 nitrogen and oxygen atoms in total. The molecule has 2 amide bonds. The lowest BCUT2D eigenvalue weighted by molar-refractivity contribution is -0.155. The number of methoxy groups -OCH3 is 2. The number of rotatable bonds is 10. The number of hydrogen-bond acceptors (Lipinski definition) is 9. The van der Waals surface area contributed by atoms with Crippen LogP contribution in [0.15, 0.2) is 0 Å². The lowest BCUT2D eigenvalue weighted by Crippen LogP contribution is -2.48. The van der Waals surface area contributed by atoms with Crippen molar-refractivity contribution < 1.29 is 53.2 Å². The quantitative estimate of drug-likeness (QED) is 0.257. The highest BCUT2D eigenvalue weighted by Crippen LogP contribution is 2.37. The van der Waals surface area contributed by atoms with Crippen LogP contribution < -0.4 is 10.6 Å². The second-order valence-corrected chi connectivity index (χ2v) is 13.3. The van der Waals surface area contributed by atoms with Gasteiger partial charge in [0.15, 0.2) is 0 Å². The van der Waals surface area contributed by atoms with Gasteiger partial charge >= 0.3 is 23.9 Å². The summed E-state index contributed by atoms with van der Waals surface area (Å²) in [6, 6.07) is -0.158. The summed E-state index contributed by atoms with van der Waals surface area (Å²) >= 11 is 0. The highest BCUT2D eigenvalue weighted by atomic mass is 16.5. The highest BCUT2D eigenvalue weighted by molar-refractivity contribution is 5.87. The van der Waals surface area contributed by atoms with Crippen LogP contribution >= 0.6 is 0 Å². The van der Waals surface area contributed by atoms with E-state index in [1.54, 1.807) is 0 Å². The molecule has 4 fully saturated rings. The average Bonchev–Trinajstić information content (AvgIpc) is 3.05. The van der Waals surface area contributed by atoms with E-state index in [9.17, 15) is 39.0 Å². The Morgan fingerprint density at radius 2 is 0.867 bits per heavy atom. The number of hydrogen-bond donors (Lipinski definition) is 4. The third-order valence-electron chi connectivity index (χ3n) is 10.5. The first-order valence-electron chi connectivity index (χ1n) is 16.4. The summed E-state index contributed by atoms with van der Waals surface area (Å²) in [4.78, 5) is 73.9. The van der Waals surface area contributed by atoms with E-state index in [1.165, 1.54) is 14.2 Å². The number of ether oxygens (including phenoxy) is 3. The fourth-order valence-electron chi connectivity index (χ4n) is 7.85. The SMILES string of the molecule is COC(=O)C1CCC(C(=O)O)C(C(=O)NC2CCC(OC3CCC(NC(=O)C4CC(C(=O)OC)CCC4C(=O)O)CC3)CC2)C1. The van der Waals surface area contributed by atoms with Crippen molar-refractivity contribution in [3.8, 4) is 0 Å². The molecular formula is C32H48N2O11. The van der Waals surface area contributed by atoms with Gasteiger partial charge in [-0.3, -0.25) is 28.8 Å². The smallest absolute Gasteiger partial charge is 0.308 e. The van der Waals surface area contributed by atoms with Crippen LogP contribution in [0, 0.1) is 35.5 Å². The van der Waals surface area contributed by atoms with Gasteiger partial charge in [-0.15, -0.1) is 0 Å². The van der Waals surface area contributed by atoms with Crippen LogP contribution in [0.3, 0.4) is 0 Å². The molecule has 0 heterocycles. The Hall–Kier alpha value is -3.22. The molecule has 0 aromatic carbocycles. The lowest BCUT2D eigenvalue weighted by Gasteiger charge is -2.37. The number of carbonyl (C=O) groups excluding carboxylic acids is 4. The normalized spacial score (nSPS) is 35.3. The van der Waals surface area contributed by atoms with Gasteiger partial charge < -0.3 is 35.1 Å². The van der Waals surface area contributed by atoms with Crippen LogP contribution in [0.2, 0.25) is 0 Å². The fraction of sp³-hybridized carbons (Fsp3) is 0.812. The highest BCUT2D eigenvalue weighted by Gasteiger charge is 2.44. The van der Waals surface area contributed by atoms with Crippen LogP contribution in [0.25, 0.3) is 0 Å². The first kappa shape index (κ1) is 34.6. The fourth-order valence-corrected chi connectivity index (χ4v) is 7.85. The number of carboxylic acids is 2. The Labute approximate surface area is 263 Å². The van der Waals surface area contributed by atoms with E-state index in [0.29, 0.717) is 38.5 Å². The molecule has 4 aliphatic carbocycles. The van der Waals surface area contributed by atoms with Gasteiger partial charge in [0.25, 0.3) is 0 Å². The molecule has 252 valence electrons. The van der Waals surface area contributed by atoms with Gasteiger partial charge in [-0.1, -0.05) is 0 Å². The number of aliphatic carboxylic acids is 2. The predicted molar refractivity (Wildman–Crippen MR) is 157 cm³/mol. The van der Waals surface area contributed by atoms with E-state index in [2.05, 4.69) is 10.6 Å². The molecular weight excluding hydrogens is 588 g/mol. The summed E-state index contributed by atoms with van der Waals surface area (Å²) in [5.74, 6) is -7.60. The van der Waals surface area contributed by atoms with Gasteiger partial charge in [-0.25, -0.2) is 0 Å². The summed E-state index contributed by atoms with van der Waals surface area (Å²) in [5.41, 5.74) is 0. The summed E-state index contributed by atoms with van der Waals surface area (Å²) in [6.45, 7) is 0. The van der Waals surface area contributed by atoms with E-state index in [0.717, 1.165) is 25.7 Å². The Bertz CT molecular complexity index is 1010. The van der Waals surface area contributed by atoms with Gasteiger partial charge in [-0.05, 0) is 89.9 Å². The topological polar surface area (TPSA) is 195 Å². The maximum atomic E-state index is 13.1.